The van der Waals surface area contributed by atoms with E-state index in [9.17, 15) is 14.4 Å². The normalized spacial score (nSPS) is 12.3. The number of rotatable bonds is 44. The van der Waals surface area contributed by atoms with E-state index in [1.165, 1.54) is 128 Å². The molecular weight excluding hydrogens is 709 g/mol. The highest BCUT2D eigenvalue weighted by molar-refractivity contribution is 5.71. The van der Waals surface area contributed by atoms with Crippen LogP contribution in [0.5, 0.6) is 0 Å². The summed E-state index contributed by atoms with van der Waals surface area (Å²) in [5.41, 5.74) is 0. The second kappa shape index (κ2) is 46.3. The highest BCUT2D eigenvalue weighted by Crippen LogP contribution is 2.14. The van der Waals surface area contributed by atoms with E-state index < -0.39 is 6.10 Å². The maximum atomic E-state index is 12.7. The average molecular weight is 801 g/mol. The van der Waals surface area contributed by atoms with Gasteiger partial charge in [0.05, 0.1) is 0 Å². The molecule has 0 saturated carbocycles. The summed E-state index contributed by atoms with van der Waals surface area (Å²) in [6.07, 6.45) is 52.9. The van der Waals surface area contributed by atoms with Crippen molar-refractivity contribution in [3.05, 3.63) is 36.5 Å². The zero-order valence-electron chi connectivity index (χ0n) is 37.9. The van der Waals surface area contributed by atoms with Crippen LogP contribution in [-0.2, 0) is 28.6 Å². The maximum absolute atomic E-state index is 12.7. The Morgan fingerprint density at radius 3 is 1.04 bits per heavy atom. The summed E-state index contributed by atoms with van der Waals surface area (Å²) < 4.78 is 16.7. The molecule has 0 aliphatic heterocycles. The van der Waals surface area contributed by atoms with E-state index in [0.717, 1.165) is 83.5 Å². The standard InChI is InChI=1S/C51H92O6/c1-4-7-10-13-16-18-20-22-24-25-26-27-28-30-31-33-35-38-41-44-50(53)56-47-48(46-55-49(52)43-40-37-15-12-9-6-3)57-51(54)45-42-39-36-34-32-29-23-21-19-17-14-11-8-5-2/h14,17,21-24,48H,4-13,15-16,18-20,25-47H2,1-3H3/b17-14-,23-21-,24-22-. The zero-order chi connectivity index (χ0) is 41.5. The summed E-state index contributed by atoms with van der Waals surface area (Å²) >= 11 is 0. The minimum atomic E-state index is -0.774. The number of esters is 3. The summed E-state index contributed by atoms with van der Waals surface area (Å²) in [5, 5.41) is 0. The molecule has 0 radical (unpaired) electrons. The third-order valence-corrected chi connectivity index (χ3v) is 10.6. The average Bonchev–Trinajstić information content (AvgIpc) is 3.21. The van der Waals surface area contributed by atoms with Crippen LogP contribution >= 0.6 is 0 Å². The van der Waals surface area contributed by atoms with Gasteiger partial charge in [-0.2, -0.15) is 0 Å². The van der Waals surface area contributed by atoms with E-state index >= 15 is 0 Å². The molecule has 0 aromatic rings. The first-order chi connectivity index (χ1) is 28.0. The largest absolute Gasteiger partial charge is 0.462 e. The summed E-state index contributed by atoms with van der Waals surface area (Å²) in [6.45, 7) is 6.53. The number of hydrogen-bond donors (Lipinski definition) is 0. The van der Waals surface area contributed by atoms with E-state index in [0.29, 0.717) is 19.3 Å². The molecule has 0 spiro atoms. The van der Waals surface area contributed by atoms with Gasteiger partial charge in [-0.3, -0.25) is 14.4 Å². The fourth-order valence-electron chi connectivity index (χ4n) is 6.86. The molecule has 57 heavy (non-hydrogen) atoms. The predicted molar refractivity (Wildman–Crippen MR) is 242 cm³/mol. The first kappa shape index (κ1) is 54.6. The van der Waals surface area contributed by atoms with Gasteiger partial charge in [-0.25, -0.2) is 0 Å². The Morgan fingerprint density at radius 2 is 0.649 bits per heavy atom. The van der Waals surface area contributed by atoms with E-state index in [1.54, 1.807) is 0 Å². The molecule has 0 saturated heterocycles. The fourth-order valence-corrected chi connectivity index (χ4v) is 6.86. The first-order valence-corrected chi connectivity index (χ1v) is 24.5. The number of ether oxygens (including phenoxy) is 3. The number of carbonyl (C=O) groups is 3. The highest BCUT2D eigenvalue weighted by Gasteiger charge is 2.19. The first-order valence-electron chi connectivity index (χ1n) is 24.5. The molecule has 1 unspecified atom stereocenters. The third-order valence-electron chi connectivity index (χ3n) is 10.6. The van der Waals surface area contributed by atoms with Crippen molar-refractivity contribution in [2.24, 2.45) is 0 Å². The molecule has 0 fully saturated rings. The van der Waals surface area contributed by atoms with Crippen LogP contribution in [-0.4, -0.2) is 37.2 Å². The Hall–Kier alpha value is -2.37. The SMILES string of the molecule is CCCC/C=C\C/C=C\CCCCCCCC(=O)OC(COC(=O)CCCCCCCC)COC(=O)CCCCCCCCCCC/C=C\CCCCCCCC. The van der Waals surface area contributed by atoms with Crippen molar-refractivity contribution in [3.8, 4) is 0 Å². The smallest absolute Gasteiger partial charge is 0.306 e. The molecule has 0 heterocycles. The Bertz CT molecular complexity index is 969. The molecule has 0 aliphatic carbocycles. The lowest BCUT2D eigenvalue weighted by Gasteiger charge is -2.18. The lowest BCUT2D eigenvalue weighted by molar-refractivity contribution is -0.167. The van der Waals surface area contributed by atoms with E-state index in [4.69, 9.17) is 14.2 Å². The number of unbranched alkanes of at least 4 members (excludes halogenated alkanes) is 27. The number of hydrogen-bond acceptors (Lipinski definition) is 6. The lowest BCUT2D eigenvalue weighted by atomic mass is 10.1. The third kappa shape index (κ3) is 44.6. The Morgan fingerprint density at radius 1 is 0.351 bits per heavy atom. The second-order valence-electron chi connectivity index (χ2n) is 16.4. The van der Waals surface area contributed by atoms with Crippen molar-refractivity contribution in [1.82, 2.24) is 0 Å². The minimum Gasteiger partial charge on any atom is -0.462 e. The quantitative estimate of drug-likeness (QED) is 0.0264. The van der Waals surface area contributed by atoms with Crippen LogP contribution < -0.4 is 0 Å². The molecule has 0 aromatic heterocycles. The van der Waals surface area contributed by atoms with Crippen LogP contribution in [0.2, 0.25) is 0 Å². The Balaban J connectivity index is 4.21. The van der Waals surface area contributed by atoms with Crippen molar-refractivity contribution in [2.45, 2.75) is 258 Å². The number of carbonyl (C=O) groups excluding carboxylic acids is 3. The maximum Gasteiger partial charge on any atom is 0.306 e. The van der Waals surface area contributed by atoms with Gasteiger partial charge in [0.2, 0.25) is 0 Å². The molecule has 0 aliphatic rings. The topological polar surface area (TPSA) is 78.9 Å². The van der Waals surface area contributed by atoms with E-state index in [1.807, 2.05) is 0 Å². The van der Waals surface area contributed by atoms with Gasteiger partial charge < -0.3 is 14.2 Å². The van der Waals surface area contributed by atoms with Crippen molar-refractivity contribution in [2.75, 3.05) is 13.2 Å². The Kier molecular flexibility index (Phi) is 44.4. The summed E-state index contributed by atoms with van der Waals surface area (Å²) in [6, 6.07) is 0. The molecule has 1 atom stereocenters. The van der Waals surface area contributed by atoms with Gasteiger partial charge in [-0.1, -0.05) is 198 Å². The molecule has 6 heteroatoms. The predicted octanol–water partition coefficient (Wildman–Crippen LogP) is 15.8. The molecule has 0 N–H and O–H groups in total. The van der Waals surface area contributed by atoms with Gasteiger partial charge >= 0.3 is 17.9 Å². The van der Waals surface area contributed by atoms with Crippen LogP contribution in [0.1, 0.15) is 252 Å². The fraction of sp³-hybridized carbons (Fsp3) is 0.824. The van der Waals surface area contributed by atoms with Gasteiger partial charge in [-0.05, 0) is 70.6 Å². The second-order valence-corrected chi connectivity index (χ2v) is 16.4. The van der Waals surface area contributed by atoms with Crippen LogP contribution in [0.4, 0.5) is 0 Å². The molecule has 0 amide bonds. The van der Waals surface area contributed by atoms with Crippen LogP contribution in [0, 0.1) is 0 Å². The summed E-state index contributed by atoms with van der Waals surface area (Å²) in [4.78, 5) is 37.6. The van der Waals surface area contributed by atoms with Crippen LogP contribution in [0.25, 0.3) is 0 Å². The van der Waals surface area contributed by atoms with Crippen molar-refractivity contribution in [1.29, 1.82) is 0 Å². The Labute approximate surface area is 353 Å². The van der Waals surface area contributed by atoms with Crippen LogP contribution in [0.15, 0.2) is 36.5 Å². The van der Waals surface area contributed by atoms with Crippen LogP contribution in [0.3, 0.4) is 0 Å². The van der Waals surface area contributed by atoms with Gasteiger partial charge in [0.15, 0.2) is 6.10 Å². The summed E-state index contributed by atoms with van der Waals surface area (Å²) in [7, 11) is 0. The van der Waals surface area contributed by atoms with Crippen molar-refractivity contribution in [3.63, 3.8) is 0 Å². The van der Waals surface area contributed by atoms with Crippen molar-refractivity contribution < 1.29 is 28.6 Å². The monoisotopic (exact) mass is 801 g/mol. The van der Waals surface area contributed by atoms with E-state index in [-0.39, 0.29) is 31.1 Å². The van der Waals surface area contributed by atoms with E-state index in [2.05, 4.69) is 57.2 Å². The van der Waals surface area contributed by atoms with Gasteiger partial charge in [0.1, 0.15) is 13.2 Å². The zero-order valence-corrected chi connectivity index (χ0v) is 37.9. The van der Waals surface area contributed by atoms with Gasteiger partial charge in [0, 0.05) is 19.3 Å². The molecule has 0 aromatic carbocycles. The molecule has 332 valence electrons. The lowest BCUT2D eigenvalue weighted by Crippen LogP contribution is -2.30. The molecule has 0 bridgehead atoms. The summed E-state index contributed by atoms with van der Waals surface area (Å²) in [5.74, 6) is -0.898. The minimum absolute atomic E-state index is 0.0775. The molecule has 6 nitrogen and oxygen atoms in total. The number of allylic oxidation sites excluding steroid dienone is 6. The molecule has 0 rings (SSSR count). The van der Waals surface area contributed by atoms with Crippen molar-refractivity contribution >= 4 is 17.9 Å². The highest BCUT2D eigenvalue weighted by atomic mass is 16.6. The van der Waals surface area contributed by atoms with Gasteiger partial charge in [0.25, 0.3) is 0 Å². The van der Waals surface area contributed by atoms with Gasteiger partial charge in [-0.15, -0.1) is 0 Å². The molecular formula is C51H92O6.